The van der Waals surface area contributed by atoms with E-state index in [1.165, 1.54) is 6.21 Å². The Hall–Kier alpha value is -4.46. The maximum atomic E-state index is 12.4. The standard InChI is InChI=1S/C27H28N4O4/c1-17-12-19(3)25(20(4)13-17)30-24(32)16-35-22-10-7-9-21(14-22)15-28-31-27(34)26(33)29-23-11-6-5-8-18(23)2/h5-15H,16H2,1-4H3,(H,29,33)(H,30,32)(H,31,34)/b28-15-. The van der Waals surface area contributed by atoms with Gasteiger partial charge in [-0.25, -0.2) is 5.43 Å². The summed E-state index contributed by atoms with van der Waals surface area (Å²) in [4.78, 5) is 36.4. The summed E-state index contributed by atoms with van der Waals surface area (Å²) in [7, 11) is 0. The first-order valence-electron chi connectivity index (χ1n) is 11.0. The van der Waals surface area contributed by atoms with Crippen LogP contribution in [0, 0.1) is 27.7 Å². The molecule has 0 heterocycles. The van der Waals surface area contributed by atoms with Crippen LogP contribution in [0.2, 0.25) is 0 Å². The number of hydrogen-bond donors (Lipinski definition) is 3. The Balaban J connectivity index is 1.51. The number of benzene rings is 3. The molecule has 0 spiro atoms. The molecule has 3 rings (SSSR count). The highest BCUT2D eigenvalue weighted by Crippen LogP contribution is 2.22. The van der Waals surface area contributed by atoms with Gasteiger partial charge in [-0.2, -0.15) is 5.10 Å². The summed E-state index contributed by atoms with van der Waals surface area (Å²) >= 11 is 0. The lowest BCUT2D eigenvalue weighted by molar-refractivity contribution is -0.136. The molecule has 3 aromatic rings. The molecule has 8 nitrogen and oxygen atoms in total. The zero-order valence-electron chi connectivity index (χ0n) is 20.1. The van der Waals surface area contributed by atoms with Crippen LogP contribution in [-0.4, -0.2) is 30.5 Å². The van der Waals surface area contributed by atoms with Crippen LogP contribution in [-0.2, 0) is 14.4 Å². The minimum Gasteiger partial charge on any atom is -0.484 e. The van der Waals surface area contributed by atoms with Crippen molar-refractivity contribution in [3.63, 3.8) is 0 Å². The number of carbonyl (C=O) groups excluding carboxylic acids is 3. The van der Waals surface area contributed by atoms with Crippen LogP contribution in [0.1, 0.15) is 27.8 Å². The molecular weight excluding hydrogens is 444 g/mol. The van der Waals surface area contributed by atoms with Crippen LogP contribution in [0.3, 0.4) is 0 Å². The maximum Gasteiger partial charge on any atom is 0.329 e. The Bertz CT molecular complexity index is 1260. The Morgan fingerprint density at radius 2 is 1.54 bits per heavy atom. The van der Waals surface area contributed by atoms with E-state index in [9.17, 15) is 14.4 Å². The molecule has 0 aliphatic carbocycles. The minimum atomic E-state index is -0.893. The Labute approximate surface area is 204 Å². The molecule has 0 aliphatic rings. The molecule has 0 saturated heterocycles. The summed E-state index contributed by atoms with van der Waals surface area (Å²) in [6.07, 6.45) is 1.38. The number of amides is 3. The molecule has 0 radical (unpaired) electrons. The Morgan fingerprint density at radius 3 is 2.26 bits per heavy atom. The monoisotopic (exact) mass is 472 g/mol. The number of carbonyl (C=O) groups is 3. The van der Waals surface area contributed by atoms with Crippen molar-refractivity contribution in [3.8, 4) is 5.75 Å². The van der Waals surface area contributed by atoms with Crippen LogP contribution < -0.4 is 20.8 Å². The summed E-state index contributed by atoms with van der Waals surface area (Å²) in [5.41, 5.74) is 8.11. The fourth-order valence-corrected chi connectivity index (χ4v) is 3.49. The van der Waals surface area contributed by atoms with Crippen molar-refractivity contribution in [1.82, 2.24) is 5.43 Å². The molecule has 35 heavy (non-hydrogen) atoms. The topological polar surface area (TPSA) is 109 Å². The van der Waals surface area contributed by atoms with Crippen molar-refractivity contribution < 1.29 is 19.1 Å². The molecule has 0 fully saturated rings. The van der Waals surface area contributed by atoms with E-state index in [1.807, 2.05) is 52.0 Å². The van der Waals surface area contributed by atoms with E-state index in [0.29, 0.717) is 17.0 Å². The van der Waals surface area contributed by atoms with Crippen molar-refractivity contribution >= 4 is 35.3 Å². The molecule has 3 N–H and O–H groups in total. The number of rotatable bonds is 7. The highest BCUT2D eigenvalue weighted by atomic mass is 16.5. The normalized spacial score (nSPS) is 10.6. The predicted molar refractivity (Wildman–Crippen MR) is 137 cm³/mol. The van der Waals surface area contributed by atoms with Crippen LogP contribution in [0.4, 0.5) is 11.4 Å². The lowest BCUT2D eigenvalue weighted by Crippen LogP contribution is -2.32. The molecule has 180 valence electrons. The zero-order valence-corrected chi connectivity index (χ0v) is 20.1. The van der Waals surface area contributed by atoms with Crippen molar-refractivity contribution in [1.29, 1.82) is 0 Å². The van der Waals surface area contributed by atoms with Gasteiger partial charge in [-0.05, 0) is 68.1 Å². The van der Waals surface area contributed by atoms with Crippen LogP contribution in [0.25, 0.3) is 0 Å². The zero-order chi connectivity index (χ0) is 25.4. The van der Waals surface area contributed by atoms with Gasteiger partial charge in [-0.1, -0.05) is 48.0 Å². The molecule has 0 atom stereocenters. The molecule has 0 bridgehead atoms. The third-order valence-corrected chi connectivity index (χ3v) is 5.15. The van der Waals surface area contributed by atoms with Gasteiger partial charge in [0.05, 0.1) is 6.21 Å². The highest BCUT2D eigenvalue weighted by Gasteiger charge is 2.13. The Kier molecular flexibility index (Phi) is 8.34. The first-order chi connectivity index (χ1) is 16.7. The summed E-state index contributed by atoms with van der Waals surface area (Å²) in [5, 5.41) is 9.26. The van der Waals surface area contributed by atoms with Crippen molar-refractivity contribution in [2.45, 2.75) is 27.7 Å². The summed E-state index contributed by atoms with van der Waals surface area (Å²) < 4.78 is 5.60. The van der Waals surface area contributed by atoms with E-state index >= 15 is 0 Å². The molecule has 3 amide bonds. The second-order valence-electron chi connectivity index (χ2n) is 8.15. The lowest BCUT2D eigenvalue weighted by atomic mass is 10.1. The Morgan fingerprint density at radius 1 is 0.829 bits per heavy atom. The first-order valence-corrected chi connectivity index (χ1v) is 11.0. The number of nitrogens with one attached hydrogen (secondary N) is 3. The van der Waals surface area contributed by atoms with Crippen LogP contribution in [0.5, 0.6) is 5.75 Å². The van der Waals surface area contributed by atoms with E-state index in [4.69, 9.17) is 4.74 Å². The molecule has 0 unspecified atom stereocenters. The van der Waals surface area contributed by atoms with Gasteiger partial charge in [0.1, 0.15) is 5.75 Å². The fourth-order valence-electron chi connectivity index (χ4n) is 3.49. The van der Waals surface area contributed by atoms with Gasteiger partial charge in [0, 0.05) is 11.4 Å². The van der Waals surface area contributed by atoms with Gasteiger partial charge in [0.2, 0.25) is 0 Å². The number of ether oxygens (including phenoxy) is 1. The average Bonchev–Trinajstić information content (AvgIpc) is 2.81. The number of anilines is 2. The molecule has 3 aromatic carbocycles. The van der Waals surface area contributed by atoms with Crippen molar-refractivity contribution in [2.24, 2.45) is 5.10 Å². The third-order valence-electron chi connectivity index (χ3n) is 5.15. The van der Waals surface area contributed by atoms with Gasteiger partial charge in [0.25, 0.3) is 5.91 Å². The van der Waals surface area contributed by atoms with Crippen LogP contribution >= 0.6 is 0 Å². The van der Waals surface area contributed by atoms with Gasteiger partial charge in [0.15, 0.2) is 6.61 Å². The quantitative estimate of drug-likeness (QED) is 0.274. The fraction of sp³-hybridized carbons (Fsp3) is 0.185. The summed E-state index contributed by atoms with van der Waals surface area (Å²) in [6.45, 7) is 7.57. The van der Waals surface area contributed by atoms with Crippen LogP contribution in [0.15, 0.2) is 65.8 Å². The number of nitrogens with zero attached hydrogens (tertiary/aromatic N) is 1. The van der Waals surface area contributed by atoms with E-state index in [1.54, 1.807) is 36.4 Å². The number of para-hydroxylation sites is 1. The second-order valence-corrected chi connectivity index (χ2v) is 8.15. The summed E-state index contributed by atoms with van der Waals surface area (Å²) in [6, 6.07) is 18.0. The third kappa shape index (κ3) is 7.26. The first kappa shape index (κ1) is 25.2. The average molecular weight is 473 g/mol. The maximum absolute atomic E-state index is 12.4. The van der Waals surface area contributed by atoms with E-state index in [2.05, 4.69) is 21.2 Å². The van der Waals surface area contributed by atoms with Gasteiger partial charge >= 0.3 is 11.8 Å². The summed E-state index contributed by atoms with van der Waals surface area (Å²) in [5.74, 6) is -1.52. The number of hydrogen-bond acceptors (Lipinski definition) is 5. The lowest BCUT2D eigenvalue weighted by Gasteiger charge is -2.13. The van der Waals surface area contributed by atoms with E-state index in [0.717, 1.165) is 27.9 Å². The number of hydrazone groups is 1. The largest absolute Gasteiger partial charge is 0.484 e. The van der Waals surface area contributed by atoms with E-state index in [-0.39, 0.29) is 12.5 Å². The SMILES string of the molecule is Cc1cc(C)c(NC(=O)COc2cccc(/C=N\NC(=O)C(=O)Nc3ccccc3C)c2)c(C)c1. The van der Waals surface area contributed by atoms with Gasteiger partial charge in [-0.15, -0.1) is 0 Å². The second kappa shape index (κ2) is 11.6. The molecular formula is C27H28N4O4. The highest BCUT2D eigenvalue weighted by molar-refractivity contribution is 6.39. The molecule has 0 aliphatic heterocycles. The molecule has 0 aromatic heterocycles. The minimum absolute atomic E-state index is 0.164. The van der Waals surface area contributed by atoms with Gasteiger partial charge in [-0.3, -0.25) is 14.4 Å². The predicted octanol–water partition coefficient (Wildman–Crippen LogP) is 4.03. The molecule has 8 heteroatoms. The van der Waals surface area contributed by atoms with E-state index < -0.39 is 11.8 Å². The van der Waals surface area contributed by atoms with Gasteiger partial charge < -0.3 is 15.4 Å². The van der Waals surface area contributed by atoms with Crippen molar-refractivity contribution in [3.05, 3.63) is 88.5 Å². The van der Waals surface area contributed by atoms with Crippen molar-refractivity contribution in [2.75, 3.05) is 17.2 Å². The molecule has 0 saturated carbocycles. The number of aryl methyl sites for hydroxylation is 4. The smallest absolute Gasteiger partial charge is 0.329 e.